The molecule has 2 N–H and O–H groups in total. The maximum absolute atomic E-state index is 10.8. The first-order valence-electron chi connectivity index (χ1n) is 15.6. The van der Waals surface area contributed by atoms with E-state index in [4.69, 9.17) is 0 Å². The average molecular weight is 573 g/mol. The van der Waals surface area contributed by atoms with Crippen LogP contribution in [0.15, 0.2) is 146 Å². The predicted molar refractivity (Wildman–Crippen MR) is 182 cm³/mol. The van der Waals surface area contributed by atoms with Crippen LogP contribution in [0.1, 0.15) is 43.2 Å². The van der Waals surface area contributed by atoms with Gasteiger partial charge in [-0.2, -0.15) is 0 Å². The first kappa shape index (κ1) is 27.7. The summed E-state index contributed by atoms with van der Waals surface area (Å²) in [6, 6.07) is 50.0. The Morgan fingerprint density at radius 1 is 0.364 bits per heavy atom. The van der Waals surface area contributed by atoms with Crippen molar-refractivity contribution in [1.29, 1.82) is 0 Å². The Hall–Kier alpha value is -5.08. The lowest BCUT2D eigenvalue weighted by atomic mass is 9.62. The van der Waals surface area contributed by atoms with Crippen molar-refractivity contribution < 1.29 is 10.2 Å². The molecule has 0 atom stereocenters. The molecule has 1 aliphatic carbocycles. The molecule has 0 aromatic heterocycles. The summed E-state index contributed by atoms with van der Waals surface area (Å²) >= 11 is 0. The zero-order valence-corrected chi connectivity index (χ0v) is 24.8. The molecule has 0 unspecified atom stereocenters. The highest BCUT2D eigenvalue weighted by Crippen LogP contribution is 2.52. The van der Waals surface area contributed by atoms with E-state index in [1.165, 1.54) is 28.7 Å². The Kier molecular flexibility index (Phi) is 7.50. The van der Waals surface area contributed by atoms with Crippen molar-refractivity contribution in [3.8, 4) is 56.0 Å². The molecule has 2 heteroatoms. The van der Waals surface area contributed by atoms with E-state index >= 15 is 0 Å². The van der Waals surface area contributed by atoms with Gasteiger partial charge in [0.05, 0.1) is 0 Å². The van der Waals surface area contributed by atoms with Gasteiger partial charge in [0.15, 0.2) is 0 Å². The van der Waals surface area contributed by atoms with Crippen LogP contribution in [0.25, 0.3) is 44.5 Å². The second-order valence-electron chi connectivity index (χ2n) is 12.0. The van der Waals surface area contributed by atoms with Crippen LogP contribution in [-0.4, -0.2) is 10.2 Å². The van der Waals surface area contributed by atoms with Gasteiger partial charge in [-0.15, -0.1) is 0 Å². The number of hydrogen-bond donors (Lipinski definition) is 2. The van der Waals surface area contributed by atoms with Crippen LogP contribution < -0.4 is 0 Å². The summed E-state index contributed by atoms with van der Waals surface area (Å²) in [6.45, 7) is 0. The topological polar surface area (TPSA) is 40.5 Å². The molecule has 44 heavy (non-hydrogen) atoms. The predicted octanol–water partition coefficient (Wildman–Crippen LogP) is 11.0. The molecule has 1 saturated carbocycles. The van der Waals surface area contributed by atoms with Gasteiger partial charge >= 0.3 is 0 Å². The van der Waals surface area contributed by atoms with Crippen LogP contribution in [0.3, 0.4) is 0 Å². The third-order valence-electron chi connectivity index (χ3n) is 9.31. The van der Waals surface area contributed by atoms with E-state index in [2.05, 4.69) is 109 Å². The quantitative estimate of drug-likeness (QED) is 0.208. The lowest BCUT2D eigenvalue weighted by Gasteiger charge is -2.41. The van der Waals surface area contributed by atoms with Crippen molar-refractivity contribution in [3.05, 3.63) is 157 Å². The van der Waals surface area contributed by atoms with Crippen molar-refractivity contribution in [2.75, 3.05) is 0 Å². The van der Waals surface area contributed by atoms with Crippen molar-refractivity contribution >= 4 is 0 Å². The summed E-state index contributed by atoms with van der Waals surface area (Å²) in [5.74, 6) is 0.530. The first-order chi connectivity index (χ1) is 21.6. The normalized spacial score (nSPS) is 14.3. The average Bonchev–Trinajstić information content (AvgIpc) is 3.09. The van der Waals surface area contributed by atoms with Crippen LogP contribution >= 0.6 is 0 Å². The number of rotatable bonds is 6. The maximum Gasteiger partial charge on any atom is 0.116 e. The van der Waals surface area contributed by atoms with Gasteiger partial charge in [0.2, 0.25) is 0 Å². The molecular formula is C42H36O2. The number of aromatic hydroxyl groups is 2. The lowest BCUT2D eigenvalue weighted by molar-refractivity contribution is 0.346. The van der Waals surface area contributed by atoms with E-state index in [0.29, 0.717) is 0 Å². The molecular weight excluding hydrogens is 536 g/mol. The summed E-state index contributed by atoms with van der Waals surface area (Å²) < 4.78 is 0. The molecule has 1 aliphatic rings. The first-order valence-corrected chi connectivity index (χ1v) is 15.6. The summed E-state index contributed by atoms with van der Waals surface area (Å²) in [4.78, 5) is 0. The minimum atomic E-state index is -0.282. The minimum Gasteiger partial charge on any atom is -0.508 e. The van der Waals surface area contributed by atoms with Crippen LogP contribution in [0.4, 0.5) is 0 Å². The zero-order chi connectivity index (χ0) is 29.9. The lowest BCUT2D eigenvalue weighted by Crippen LogP contribution is -2.32. The van der Waals surface area contributed by atoms with Crippen LogP contribution in [0.2, 0.25) is 0 Å². The number of phenols is 2. The summed E-state index contributed by atoms with van der Waals surface area (Å²) in [5, 5.41) is 21.6. The molecule has 0 saturated heterocycles. The van der Waals surface area contributed by atoms with Crippen molar-refractivity contribution in [3.63, 3.8) is 0 Å². The van der Waals surface area contributed by atoms with E-state index in [1.54, 1.807) is 0 Å². The highest BCUT2D eigenvalue weighted by atomic mass is 16.3. The molecule has 2 nitrogen and oxygen atoms in total. The Labute approximate surface area is 259 Å². The van der Waals surface area contributed by atoms with Crippen LogP contribution in [-0.2, 0) is 5.41 Å². The highest BCUT2D eigenvalue weighted by molar-refractivity contribution is 5.81. The summed E-state index contributed by atoms with van der Waals surface area (Å²) in [7, 11) is 0. The number of phenolic OH excluding ortho intramolecular Hbond substituents is 2. The smallest absolute Gasteiger partial charge is 0.116 e. The zero-order valence-electron chi connectivity index (χ0n) is 24.8. The molecule has 0 heterocycles. The van der Waals surface area contributed by atoms with Gasteiger partial charge in [-0.1, -0.05) is 128 Å². The van der Waals surface area contributed by atoms with Crippen molar-refractivity contribution in [1.82, 2.24) is 0 Å². The second-order valence-corrected chi connectivity index (χ2v) is 12.0. The van der Waals surface area contributed by atoms with Crippen molar-refractivity contribution in [2.45, 2.75) is 37.5 Å². The fourth-order valence-electron chi connectivity index (χ4n) is 7.21. The third-order valence-corrected chi connectivity index (χ3v) is 9.31. The fourth-order valence-corrected chi connectivity index (χ4v) is 7.21. The molecule has 1 fully saturated rings. The molecule has 0 radical (unpaired) electrons. The van der Waals surface area contributed by atoms with Gasteiger partial charge in [-0.05, 0) is 105 Å². The molecule has 0 amide bonds. The maximum atomic E-state index is 10.8. The Bertz CT molecular complexity index is 1770. The number of hydrogen-bond acceptors (Lipinski definition) is 2. The standard InChI is InChI=1S/C42H36O2/c43-36-20-22-40(38(28-36)34-18-10-16-32(26-34)30-12-4-1-5-13-30)42(24-8-3-9-25-42)41-23-21-37(44)29-39(41)35-19-11-17-33(27-35)31-14-6-2-7-15-31/h1-2,4-7,10-23,26-29,43-44H,3,8-9,24-25H2. The number of benzene rings is 6. The Morgan fingerprint density at radius 3 is 1.23 bits per heavy atom. The van der Waals surface area contributed by atoms with E-state index in [1.807, 2.05) is 36.4 Å². The molecule has 6 aromatic carbocycles. The molecule has 0 bridgehead atoms. The minimum absolute atomic E-state index is 0.265. The molecule has 0 spiro atoms. The Balaban J connectivity index is 1.42. The van der Waals surface area contributed by atoms with Gasteiger partial charge in [0.1, 0.15) is 11.5 Å². The highest BCUT2D eigenvalue weighted by Gasteiger charge is 2.39. The van der Waals surface area contributed by atoms with Gasteiger partial charge in [-0.25, -0.2) is 0 Å². The third kappa shape index (κ3) is 5.29. The second kappa shape index (κ2) is 11.9. The fraction of sp³-hybridized carbons (Fsp3) is 0.143. The van der Waals surface area contributed by atoms with E-state index < -0.39 is 0 Å². The van der Waals surface area contributed by atoms with E-state index in [-0.39, 0.29) is 16.9 Å². The van der Waals surface area contributed by atoms with Gasteiger partial charge in [-0.3, -0.25) is 0 Å². The van der Waals surface area contributed by atoms with Crippen molar-refractivity contribution in [2.24, 2.45) is 0 Å². The molecule has 7 rings (SSSR count). The van der Waals surface area contributed by atoms with Gasteiger partial charge < -0.3 is 10.2 Å². The summed E-state index contributed by atoms with van der Waals surface area (Å²) in [6.07, 6.45) is 5.44. The van der Waals surface area contributed by atoms with Gasteiger partial charge in [0.25, 0.3) is 0 Å². The molecule has 6 aromatic rings. The van der Waals surface area contributed by atoms with E-state index in [9.17, 15) is 10.2 Å². The SMILES string of the molecule is Oc1ccc(C2(c3ccc(O)cc3-c3cccc(-c4ccccc4)c3)CCCCC2)c(-c2cccc(-c3ccccc3)c2)c1. The van der Waals surface area contributed by atoms with E-state index in [0.717, 1.165) is 59.1 Å². The molecule has 216 valence electrons. The molecule has 0 aliphatic heterocycles. The van der Waals surface area contributed by atoms with Crippen LogP contribution in [0.5, 0.6) is 11.5 Å². The van der Waals surface area contributed by atoms with Gasteiger partial charge in [0, 0.05) is 5.41 Å². The largest absolute Gasteiger partial charge is 0.508 e. The Morgan fingerprint density at radius 2 is 0.773 bits per heavy atom. The van der Waals surface area contributed by atoms with Crippen LogP contribution in [0, 0.1) is 0 Å². The monoisotopic (exact) mass is 572 g/mol. The summed E-state index contributed by atoms with van der Waals surface area (Å²) in [5.41, 5.74) is 11.1.